The highest BCUT2D eigenvalue weighted by Gasteiger charge is 2.24. The Balaban J connectivity index is 2.21. The van der Waals surface area contributed by atoms with Crippen LogP contribution in [0.2, 0.25) is 0 Å². The van der Waals surface area contributed by atoms with Crippen LogP contribution in [0.1, 0.15) is 25.0 Å². The lowest BCUT2D eigenvalue weighted by Gasteiger charge is -2.12. The molecule has 0 aromatic heterocycles. The molecule has 0 fully saturated rings. The van der Waals surface area contributed by atoms with Gasteiger partial charge in [-0.15, -0.1) is 0 Å². The zero-order chi connectivity index (χ0) is 12.6. The first-order valence-corrected chi connectivity index (χ1v) is 5.88. The van der Waals surface area contributed by atoms with Gasteiger partial charge in [-0.25, -0.2) is 0 Å². The quantitative estimate of drug-likeness (QED) is 0.797. The fourth-order valence-corrected chi connectivity index (χ4v) is 2.15. The SMILES string of the molecule is CC(=O)C(C)Cc1ccc2c(c1)CC(=O)N2C. The summed E-state index contributed by atoms with van der Waals surface area (Å²) in [5, 5.41) is 0. The highest BCUT2D eigenvalue weighted by Crippen LogP contribution is 2.29. The summed E-state index contributed by atoms with van der Waals surface area (Å²) >= 11 is 0. The summed E-state index contributed by atoms with van der Waals surface area (Å²) < 4.78 is 0. The Bertz CT molecular complexity index is 479. The van der Waals surface area contributed by atoms with Crippen molar-refractivity contribution in [1.29, 1.82) is 0 Å². The Morgan fingerprint density at radius 1 is 1.47 bits per heavy atom. The Labute approximate surface area is 101 Å². The van der Waals surface area contributed by atoms with E-state index in [4.69, 9.17) is 0 Å². The third kappa shape index (κ3) is 2.23. The van der Waals surface area contributed by atoms with Crippen molar-refractivity contribution in [3.8, 4) is 0 Å². The van der Waals surface area contributed by atoms with Crippen molar-refractivity contribution in [2.24, 2.45) is 5.92 Å². The highest BCUT2D eigenvalue weighted by atomic mass is 16.2. The van der Waals surface area contributed by atoms with E-state index in [-0.39, 0.29) is 17.6 Å². The van der Waals surface area contributed by atoms with Crippen LogP contribution in [0.5, 0.6) is 0 Å². The first kappa shape index (κ1) is 11.8. The first-order chi connectivity index (χ1) is 7.99. The fraction of sp³-hybridized carbons (Fsp3) is 0.429. The lowest BCUT2D eigenvalue weighted by molar-refractivity contribution is -0.120. The van der Waals surface area contributed by atoms with Gasteiger partial charge in [-0.3, -0.25) is 9.59 Å². The minimum Gasteiger partial charge on any atom is -0.315 e. The third-order valence-electron chi connectivity index (χ3n) is 3.46. The fourth-order valence-electron chi connectivity index (χ4n) is 2.15. The van der Waals surface area contributed by atoms with Gasteiger partial charge in [0.05, 0.1) is 6.42 Å². The summed E-state index contributed by atoms with van der Waals surface area (Å²) in [5.74, 6) is 0.387. The lowest BCUT2D eigenvalue weighted by Crippen LogP contribution is -2.20. The second-order valence-electron chi connectivity index (χ2n) is 4.81. The van der Waals surface area contributed by atoms with Gasteiger partial charge in [-0.05, 0) is 30.5 Å². The normalized spacial score (nSPS) is 15.9. The van der Waals surface area contributed by atoms with Gasteiger partial charge >= 0.3 is 0 Å². The van der Waals surface area contributed by atoms with Gasteiger partial charge in [0, 0.05) is 18.7 Å². The molecule has 3 heteroatoms. The van der Waals surface area contributed by atoms with Gasteiger partial charge in [-0.2, -0.15) is 0 Å². The number of anilines is 1. The molecule has 0 bridgehead atoms. The molecule has 3 nitrogen and oxygen atoms in total. The molecule has 0 saturated carbocycles. The van der Waals surface area contributed by atoms with E-state index in [2.05, 4.69) is 6.07 Å². The molecule has 0 aliphatic carbocycles. The van der Waals surface area contributed by atoms with Crippen LogP contribution in [-0.2, 0) is 22.4 Å². The van der Waals surface area contributed by atoms with E-state index >= 15 is 0 Å². The van der Waals surface area contributed by atoms with E-state index in [1.54, 1.807) is 18.9 Å². The Kier molecular flexibility index (Phi) is 3.01. The second kappa shape index (κ2) is 4.32. The van der Waals surface area contributed by atoms with E-state index in [1.807, 2.05) is 19.1 Å². The minimum atomic E-state index is 0.0443. The van der Waals surface area contributed by atoms with Crippen LogP contribution in [0.25, 0.3) is 0 Å². The monoisotopic (exact) mass is 231 g/mol. The van der Waals surface area contributed by atoms with Gasteiger partial charge in [0.1, 0.15) is 5.78 Å². The Hall–Kier alpha value is -1.64. The molecule has 1 aliphatic rings. The van der Waals surface area contributed by atoms with Gasteiger partial charge < -0.3 is 4.90 Å². The topological polar surface area (TPSA) is 37.4 Å². The Morgan fingerprint density at radius 2 is 2.18 bits per heavy atom. The van der Waals surface area contributed by atoms with Crippen LogP contribution in [-0.4, -0.2) is 18.7 Å². The number of rotatable bonds is 3. The standard InChI is InChI=1S/C14H17NO2/c1-9(10(2)16)6-11-4-5-13-12(7-11)8-14(17)15(13)3/h4-5,7,9H,6,8H2,1-3H3. The molecule has 1 atom stereocenters. The summed E-state index contributed by atoms with van der Waals surface area (Å²) in [6.45, 7) is 3.56. The average molecular weight is 231 g/mol. The average Bonchev–Trinajstić information content (AvgIpc) is 2.54. The molecule has 17 heavy (non-hydrogen) atoms. The molecule has 0 spiro atoms. The summed E-state index contributed by atoms with van der Waals surface area (Å²) in [5.41, 5.74) is 3.20. The molecule has 0 N–H and O–H groups in total. The summed E-state index contributed by atoms with van der Waals surface area (Å²) in [7, 11) is 1.80. The van der Waals surface area contributed by atoms with Crippen LogP contribution >= 0.6 is 0 Å². The largest absolute Gasteiger partial charge is 0.315 e. The van der Waals surface area contributed by atoms with E-state index in [0.717, 1.165) is 23.2 Å². The number of carbonyl (C=O) groups excluding carboxylic acids is 2. The molecule has 1 aromatic rings. The predicted molar refractivity (Wildman–Crippen MR) is 67.1 cm³/mol. The van der Waals surface area contributed by atoms with Crippen LogP contribution in [0.3, 0.4) is 0 Å². The molecule has 1 aliphatic heterocycles. The summed E-state index contributed by atoms with van der Waals surface area (Å²) in [6, 6.07) is 6.03. The van der Waals surface area contributed by atoms with Gasteiger partial charge in [0.2, 0.25) is 5.91 Å². The van der Waals surface area contributed by atoms with Crippen molar-refractivity contribution in [1.82, 2.24) is 0 Å². The van der Waals surface area contributed by atoms with E-state index < -0.39 is 0 Å². The molecule has 1 amide bonds. The number of ketones is 1. The van der Waals surface area contributed by atoms with E-state index in [9.17, 15) is 9.59 Å². The number of nitrogens with zero attached hydrogens (tertiary/aromatic N) is 1. The molecular weight excluding hydrogens is 214 g/mol. The molecule has 0 saturated heterocycles. The number of amides is 1. The number of benzene rings is 1. The minimum absolute atomic E-state index is 0.0443. The van der Waals surface area contributed by atoms with E-state index in [0.29, 0.717) is 6.42 Å². The molecule has 0 radical (unpaired) electrons. The zero-order valence-corrected chi connectivity index (χ0v) is 10.5. The van der Waals surface area contributed by atoms with Crippen molar-refractivity contribution in [2.75, 3.05) is 11.9 Å². The zero-order valence-electron chi connectivity index (χ0n) is 10.5. The van der Waals surface area contributed by atoms with E-state index in [1.165, 1.54) is 0 Å². The van der Waals surface area contributed by atoms with Crippen molar-refractivity contribution in [2.45, 2.75) is 26.7 Å². The molecule has 1 unspecified atom stereocenters. The molecule has 1 heterocycles. The highest BCUT2D eigenvalue weighted by molar-refractivity contribution is 6.00. The molecule has 90 valence electrons. The number of hydrogen-bond donors (Lipinski definition) is 0. The van der Waals surface area contributed by atoms with Crippen molar-refractivity contribution in [3.05, 3.63) is 29.3 Å². The van der Waals surface area contributed by atoms with Crippen molar-refractivity contribution in [3.63, 3.8) is 0 Å². The van der Waals surface area contributed by atoms with Crippen LogP contribution in [0, 0.1) is 5.92 Å². The Morgan fingerprint density at radius 3 is 2.82 bits per heavy atom. The predicted octanol–water partition coefficient (Wildman–Crippen LogP) is 1.97. The maximum Gasteiger partial charge on any atom is 0.231 e. The van der Waals surface area contributed by atoms with Gasteiger partial charge in [0.25, 0.3) is 0 Å². The number of Topliss-reactive ketones (excluding diaryl/α,β-unsaturated/α-hetero) is 1. The third-order valence-corrected chi connectivity index (χ3v) is 3.46. The van der Waals surface area contributed by atoms with Gasteiger partial charge in [0.15, 0.2) is 0 Å². The van der Waals surface area contributed by atoms with Crippen molar-refractivity contribution < 1.29 is 9.59 Å². The van der Waals surface area contributed by atoms with Crippen molar-refractivity contribution >= 4 is 17.4 Å². The molecular formula is C14H17NO2. The number of hydrogen-bond acceptors (Lipinski definition) is 2. The van der Waals surface area contributed by atoms with Gasteiger partial charge in [-0.1, -0.05) is 19.1 Å². The maximum absolute atomic E-state index is 11.5. The molecule has 1 aromatic carbocycles. The first-order valence-electron chi connectivity index (χ1n) is 5.88. The van der Waals surface area contributed by atoms with Crippen LogP contribution in [0.4, 0.5) is 5.69 Å². The number of likely N-dealkylation sites (N-methyl/N-ethyl adjacent to an activating group) is 1. The summed E-state index contributed by atoms with van der Waals surface area (Å²) in [6.07, 6.45) is 1.23. The van der Waals surface area contributed by atoms with Crippen LogP contribution in [0.15, 0.2) is 18.2 Å². The van der Waals surface area contributed by atoms with Crippen LogP contribution < -0.4 is 4.90 Å². The summed E-state index contributed by atoms with van der Waals surface area (Å²) in [4.78, 5) is 24.5. The number of fused-ring (bicyclic) bond motifs is 1. The maximum atomic E-state index is 11.5. The second-order valence-corrected chi connectivity index (χ2v) is 4.81. The number of carbonyl (C=O) groups is 2. The smallest absolute Gasteiger partial charge is 0.231 e. The lowest BCUT2D eigenvalue weighted by atomic mass is 9.96. The molecule has 2 rings (SSSR count).